The van der Waals surface area contributed by atoms with Crippen LogP contribution in [0.1, 0.15) is 32.5 Å². The summed E-state index contributed by atoms with van der Waals surface area (Å²) >= 11 is 6.16. The van der Waals surface area contributed by atoms with Crippen LogP contribution < -0.4 is 4.90 Å². The van der Waals surface area contributed by atoms with Crippen LogP contribution in [0.4, 0.5) is 5.82 Å². The lowest BCUT2D eigenvalue weighted by atomic mass is 10.2. The molecular weight excluding hydrogens is 288 g/mol. The van der Waals surface area contributed by atoms with Crippen molar-refractivity contribution in [2.45, 2.75) is 39.3 Å². The van der Waals surface area contributed by atoms with Crippen LogP contribution in [0.5, 0.6) is 0 Å². The van der Waals surface area contributed by atoms with Gasteiger partial charge >= 0.3 is 0 Å². The Balaban J connectivity index is 2.23. The molecule has 1 saturated heterocycles. The number of aromatic nitrogens is 2. The average molecular weight is 313 g/mol. The van der Waals surface area contributed by atoms with Crippen LogP contribution in [0, 0.1) is 0 Å². The zero-order chi connectivity index (χ0) is 15.2. The molecule has 0 N–H and O–H groups in total. The second-order valence-corrected chi connectivity index (χ2v) is 5.86. The van der Waals surface area contributed by atoms with Gasteiger partial charge in [0.05, 0.1) is 0 Å². The molecule has 1 aromatic heterocycles. The number of halogens is 1. The zero-order valence-corrected chi connectivity index (χ0v) is 13.9. The van der Waals surface area contributed by atoms with Gasteiger partial charge in [-0.1, -0.05) is 18.5 Å². The average Bonchev–Trinajstić information content (AvgIpc) is 2.65. The van der Waals surface area contributed by atoms with Gasteiger partial charge in [0, 0.05) is 31.8 Å². The predicted octanol–water partition coefficient (Wildman–Crippen LogP) is 2.59. The van der Waals surface area contributed by atoms with Crippen LogP contribution in [-0.2, 0) is 11.3 Å². The summed E-state index contributed by atoms with van der Waals surface area (Å²) < 4.78 is 5.40. The molecule has 1 aromatic rings. The first-order valence-electron chi connectivity index (χ1n) is 7.70. The van der Waals surface area contributed by atoms with Crippen molar-refractivity contribution in [1.82, 2.24) is 14.9 Å². The Morgan fingerprint density at radius 3 is 2.86 bits per heavy atom. The van der Waals surface area contributed by atoms with Crippen molar-refractivity contribution in [3.63, 3.8) is 0 Å². The van der Waals surface area contributed by atoms with Crippen molar-refractivity contribution in [1.29, 1.82) is 0 Å². The fraction of sp³-hybridized carbons (Fsp3) is 0.733. The summed E-state index contributed by atoms with van der Waals surface area (Å²) in [5, 5.41) is 0.488. The van der Waals surface area contributed by atoms with Gasteiger partial charge in [-0.25, -0.2) is 9.97 Å². The van der Waals surface area contributed by atoms with Gasteiger partial charge in [-0.05, 0) is 33.4 Å². The van der Waals surface area contributed by atoms with Crippen LogP contribution >= 0.6 is 11.6 Å². The van der Waals surface area contributed by atoms with Gasteiger partial charge in [-0.2, -0.15) is 0 Å². The van der Waals surface area contributed by atoms with Gasteiger partial charge in [0.1, 0.15) is 17.6 Å². The normalized spacial score (nSPS) is 20.6. The molecule has 0 aromatic carbocycles. The lowest BCUT2D eigenvalue weighted by molar-refractivity contribution is 0.128. The molecule has 2 heterocycles. The molecule has 1 unspecified atom stereocenters. The maximum absolute atomic E-state index is 6.16. The zero-order valence-electron chi connectivity index (χ0n) is 13.2. The monoisotopic (exact) mass is 312 g/mol. The van der Waals surface area contributed by atoms with E-state index in [1.807, 2.05) is 13.0 Å². The van der Waals surface area contributed by atoms with E-state index in [0.29, 0.717) is 30.2 Å². The molecule has 0 amide bonds. The highest BCUT2D eigenvalue weighted by Gasteiger charge is 2.23. The van der Waals surface area contributed by atoms with Crippen molar-refractivity contribution in [3.8, 4) is 0 Å². The summed E-state index contributed by atoms with van der Waals surface area (Å²) in [5.41, 5.74) is 0. The number of nitrogens with zero attached hydrogens (tertiary/aromatic N) is 4. The molecule has 0 saturated carbocycles. The van der Waals surface area contributed by atoms with E-state index in [9.17, 15) is 0 Å². The van der Waals surface area contributed by atoms with E-state index < -0.39 is 0 Å². The van der Waals surface area contributed by atoms with Crippen molar-refractivity contribution in [2.24, 2.45) is 0 Å². The molecule has 0 radical (unpaired) electrons. The smallest absolute Gasteiger partial charge is 0.158 e. The first-order chi connectivity index (χ1) is 10.1. The number of anilines is 1. The minimum Gasteiger partial charge on any atom is -0.374 e. The maximum atomic E-state index is 6.16. The largest absolute Gasteiger partial charge is 0.374 e. The number of hydrogen-bond acceptors (Lipinski definition) is 5. The Morgan fingerprint density at radius 1 is 1.33 bits per heavy atom. The molecule has 118 valence electrons. The fourth-order valence-electron chi connectivity index (χ4n) is 2.75. The number of likely N-dealkylation sites (N-methyl/N-ethyl adjacent to an activating group) is 1. The summed E-state index contributed by atoms with van der Waals surface area (Å²) in [5.74, 6) is 1.58. The highest BCUT2D eigenvalue weighted by molar-refractivity contribution is 6.29. The number of rotatable bonds is 5. The maximum Gasteiger partial charge on any atom is 0.158 e. The molecule has 0 aliphatic carbocycles. The molecule has 1 aliphatic heterocycles. The summed E-state index contributed by atoms with van der Waals surface area (Å²) in [4.78, 5) is 13.6. The lowest BCUT2D eigenvalue weighted by Gasteiger charge is -2.31. The van der Waals surface area contributed by atoms with Gasteiger partial charge < -0.3 is 14.5 Å². The molecule has 0 spiro atoms. The van der Waals surface area contributed by atoms with Crippen molar-refractivity contribution < 1.29 is 4.74 Å². The van der Waals surface area contributed by atoms with Crippen molar-refractivity contribution >= 4 is 17.4 Å². The third-order valence-electron chi connectivity index (χ3n) is 3.83. The predicted molar refractivity (Wildman–Crippen MR) is 85.9 cm³/mol. The third-order valence-corrected chi connectivity index (χ3v) is 4.02. The lowest BCUT2D eigenvalue weighted by Crippen LogP contribution is -2.40. The fourth-order valence-corrected chi connectivity index (χ4v) is 2.95. The topological polar surface area (TPSA) is 41.5 Å². The SMILES string of the molecule is CCOCc1nc(Cl)cc(N2CCCN(C)CC2CC)n1. The molecule has 0 bridgehead atoms. The van der Waals surface area contributed by atoms with Crippen molar-refractivity contribution in [2.75, 3.05) is 38.2 Å². The van der Waals surface area contributed by atoms with Gasteiger partial charge in [0.25, 0.3) is 0 Å². The first-order valence-corrected chi connectivity index (χ1v) is 8.08. The van der Waals surface area contributed by atoms with E-state index in [4.69, 9.17) is 16.3 Å². The summed E-state index contributed by atoms with van der Waals surface area (Å²) in [6.45, 7) is 8.43. The first kappa shape index (κ1) is 16.5. The van der Waals surface area contributed by atoms with Crippen LogP contribution in [0.3, 0.4) is 0 Å². The summed E-state index contributed by atoms with van der Waals surface area (Å²) in [7, 11) is 2.18. The Bertz CT molecular complexity index is 457. The standard InChI is InChI=1S/C15H25ClN4O/c1-4-12-10-19(3)7-6-8-20(12)15-9-13(16)17-14(18-15)11-21-5-2/h9,12H,4-8,10-11H2,1-3H3. The van der Waals surface area contributed by atoms with Crippen LogP contribution in [0.15, 0.2) is 6.07 Å². The van der Waals surface area contributed by atoms with E-state index in [-0.39, 0.29) is 0 Å². The summed E-state index contributed by atoms with van der Waals surface area (Å²) in [6.07, 6.45) is 2.22. The molecule has 6 heteroatoms. The van der Waals surface area contributed by atoms with Gasteiger partial charge in [-0.15, -0.1) is 0 Å². The van der Waals surface area contributed by atoms with E-state index >= 15 is 0 Å². The van der Waals surface area contributed by atoms with E-state index in [0.717, 1.165) is 38.3 Å². The van der Waals surface area contributed by atoms with Gasteiger partial charge in [0.2, 0.25) is 0 Å². The van der Waals surface area contributed by atoms with Gasteiger partial charge in [-0.3, -0.25) is 0 Å². The Labute approximate surface area is 132 Å². The quantitative estimate of drug-likeness (QED) is 0.782. The van der Waals surface area contributed by atoms with Crippen LogP contribution in [0.2, 0.25) is 5.15 Å². The molecule has 21 heavy (non-hydrogen) atoms. The molecule has 1 atom stereocenters. The number of hydrogen-bond donors (Lipinski definition) is 0. The minimum atomic E-state index is 0.411. The molecule has 2 rings (SSSR count). The van der Waals surface area contributed by atoms with E-state index in [2.05, 4.69) is 33.7 Å². The third kappa shape index (κ3) is 4.53. The number of ether oxygens (including phenoxy) is 1. The Kier molecular flexibility index (Phi) is 6.21. The van der Waals surface area contributed by atoms with Crippen LogP contribution in [-0.4, -0.2) is 54.2 Å². The molecule has 1 aliphatic rings. The highest BCUT2D eigenvalue weighted by Crippen LogP contribution is 2.22. The molecule has 1 fully saturated rings. The summed E-state index contributed by atoms with van der Waals surface area (Å²) in [6, 6.07) is 2.33. The second kappa shape index (κ2) is 7.92. The Morgan fingerprint density at radius 2 is 2.14 bits per heavy atom. The molecule has 5 nitrogen and oxygen atoms in total. The van der Waals surface area contributed by atoms with Crippen LogP contribution in [0.25, 0.3) is 0 Å². The van der Waals surface area contributed by atoms with Gasteiger partial charge in [0.15, 0.2) is 5.82 Å². The Hall–Kier alpha value is -0.910. The van der Waals surface area contributed by atoms with E-state index in [1.54, 1.807) is 0 Å². The second-order valence-electron chi connectivity index (χ2n) is 5.47. The minimum absolute atomic E-state index is 0.411. The molecular formula is C15H25ClN4O. The highest BCUT2D eigenvalue weighted by atomic mass is 35.5. The van der Waals surface area contributed by atoms with Crippen molar-refractivity contribution in [3.05, 3.63) is 17.0 Å². The van der Waals surface area contributed by atoms with E-state index in [1.165, 1.54) is 0 Å².